The fraction of sp³-hybridized carbons (Fsp3) is 0.579. The molecule has 1 aliphatic carbocycles. The Morgan fingerprint density at radius 1 is 1.23 bits per heavy atom. The lowest BCUT2D eigenvalue weighted by Crippen LogP contribution is -2.44. The van der Waals surface area contributed by atoms with Gasteiger partial charge in [0.25, 0.3) is 0 Å². The highest BCUT2D eigenvalue weighted by atomic mass is 35.5. The Bertz CT molecular complexity index is 677. The highest BCUT2D eigenvalue weighted by Crippen LogP contribution is 2.24. The number of nitrogens with one attached hydrogen (secondary N) is 1. The molecule has 0 unspecified atom stereocenters. The third-order valence-electron chi connectivity index (χ3n) is 5.27. The van der Waals surface area contributed by atoms with E-state index < -0.39 is 5.82 Å². The maximum atomic E-state index is 13.1. The van der Waals surface area contributed by atoms with Gasteiger partial charge in [0.1, 0.15) is 12.4 Å². The topological polar surface area (TPSA) is 52.7 Å². The predicted octanol–water partition coefficient (Wildman–Crippen LogP) is 3.41. The van der Waals surface area contributed by atoms with E-state index in [9.17, 15) is 14.0 Å². The molecule has 3 amide bonds. The molecule has 1 heterocycles. The van der Waals surface area contributed by atoms with E-state index in [0.717, 1.165) is 31.6 Å². The van der Waals surface area contributed by atoms with Crippen LogP contribution in [0.2, 0.25) is 5.02 Å². The number of rotatable bonds is 5. The lowest BCUT2D eigenvalue weighted by atomic mass is 9.87. The SMILES string of the molecule is CC1CCC(NC(=O)CN2CCN(Cc3ccc(F)cc3Cl)C2=O)CC1. The molecule has 26 heavy (non-hydrogen) atoms. The van der Waals surface area contributed by atoms with Crippen molar-refractivity contribution in [3.8, 4) is 0 Å². The second kappa shape index (κ2) is 8.25. The van der Waals surface area contributed by atoms with Crippen molar-refractivity contribution in [2.24, 2.45) is 5.92 Å². The minimum Gasteiger partial charge on any atom is -0.352 e. The van der Waals surface area contributed by atoms with Crippen molar-refractivity contribution in [1.82, 2.24) is 15.1 Å². The Labute approximate surface area is 158 Å². The molecule has 1 aromatic carbocycles. The molecular formula is C19H25ClFN3O2. The summed E-state index contributed by atoms with van der Waals surface area (Å²) in [6.07, 6.45) is 4.30. The van der Waals surface area contributed by atoms with Crippen LogP contribution in [0, 0.1) is 11.7 Å². The number of nitrogens with zero attached hydrogens (tertiary/aromatic N) is 2. The summed E-state index contributed by atoms with van der Waals surface area (Å²) in [5.41, 5.74) is 0.698. The van der Waals surface area contributed by atoms with Gasteiger partial charge >= 0.3 is 6.03 Å². The van der Waals surface area contributed by atoms with Crippen LogP contribution in [0.4, 0.5) is 9.18 Å². The van der Waals surface area contributed by atoms with Crippen LogP contribution in [-0.2, 0) is 11.3 Å². The molecule has 1 saturated carbocycles. The van der Waals surface area contributed by atoms with E-state index >= 15 is 0 Å². The second-order valence-corrected chi connectivity index (χ2v) is 7.79. The first-order chi connectivity index (χ1) is 12.4. The molecule has 1 saturated heterocycles. The van der Waals surface area contributed by atoms with E-state index in [-0.39, 0.29) is 24.5 Å². The molecule has 0 bridgehead atoms. The second-order valence-electron chi connectivity index (χ2n) is 7.39. The van der Waals surface area contributed by atoms with Crippen molar-refractivity contribution >= 4 is 23.5 Å². The lowest BCUT2D eigenvalue weighted by molar-refractivity contribution is -0.122. The molecule has 1 aromatic rings. The zero-order valence-corrected chi connectivity index (χ0v) is 15.8. The average Bonchev–Trinajstić information content (AvgIpc) is 2.92. The smallest absolute Gasteiger partial charge is 0.320 e. The predicted molar refractivity (Wildman–Crippen MR) is 98.4 cm³/mol. The van der Waals surface area contributed by atoms with Crippen LogP contribution >= 0.6 is 11.6 Å². The summed E-state index contributed by atoms with van der Waals surface area (Å²) in [6.45, 7) is 3.67. The fourth-order valence-electron chi connectivity index (χ4n) is 3.63. The molecule has 1 aliphatic heterocycles. The Balaban J connectivity index is 1.50. The number of halogens is 2. The van der Waals surface area contributed by atoms with Gasteiger partial charge in [0, 0.05) is 30.7 Å². The van der Waals surface area contributed by atoms with E-state index in [0.29, 0.717) is 30.2 Å². The summed E-state index contributed by atoms with van der Waals surface area (Å²) in [5, 5.41) is 3.36. The Morgan fingerprint density at radius 2 is 1.92 bits per heavy atom. The van der Waals surface area contributed by atoms with Crippen LogP contribution in [0.1, 0.15) is 38.2 Å². The first-order valence-corrected chi connectivity index (χ1v) is 9.57. The fourth-order valence-corrected chi connectivity index (χ4v) is 3.86. The van der Waals surface area contributed by atoms with Crippen molar-refractivity contribution in [2.75, 3.05) is 19.6 Å². The molecule has 2 fully saturated rings. The molecule has 3 rings (SSSR count). The minimum absolute atomic E-state index is 0.0819. The Morgan fingerprint density at radius 3 is 2.62 bits per heavy atom. The Hall–Kier alpha value is -1.82. The van der Waals surface area contributed by atoms with Crippen molar-refractivity contribution in [2.45, 2.75) is 45.2 Å². The number of carbonyl (C=O) groups is 2. The van der Waals surface area contributed by atoms with Gasteiger partial charge in [-0.2, -0.15) is 0 Å². The summed E-state index contributed by atoms with van der Waals surface area (Å²) >= 11 is 6.04. The van der Waals surface area contributed by atoms with Crippen molar-refractivity contribution in [1.29, 1.82) is 0 Å². The molecule has 0 aromatic heterocycles. The standard InChI is InChI=1S/C19H25ClFN3O2/c1-13-2-6-16(7-3-13)22-18(25)12-24-9-8-23(19(24)26)11-14-4-5-15(21)10-17(14)20/h4-5,10,13,16H,2-3,6-9,11-12H2,1H3,(H,22,25). The third-order valence-corrected chi connectivity index (χ3v) is 5.62. The molecule has 2 aliphatic rings. The molecule has 142 valence electrons. The van der Waals surface area contributed by atoms with Crippen molar-refractivity contribution < 1.29 is 14.0 Å². The van der Waals surface area contributed by atoms with Crippen molar-refractivity contribution in [3.05, 3.63) is 34.6 Å². The molecule has 0 spiro atoms. The number of amides is 3. The van der Waals surface area contributed by atoms with E-state index in [2.05, 4.69) is 12.2 Å². The summed E-state index contributed by atoms with van der Waals surface area (Å²) in [4.78, 5) is 28.0. The van der Waals surface area contributed by atoms with Gasteiger partial charge in [-0.15, -0.1) is 0 Å². The average molecular weight is 382 g/mol. The first-order valence-electron chi connectivity index (χ1n) is 9.19. The van der Waals surface area contributed by atoms with Gasteiger partial charge in [-0.1, -0.05) is 24.6 Å². The van der Waals surface area contributed by atoms with E-state index in [4.69, 9.17) is 11.6 Å². The normalized spacial score (nSPS) is 23.4. The minimum atomic E-state index is -0.401. The molecule has 0 radical (unpaired) electrons. The van der Waals surface area contributed by atoms with Gasteiger partial charge < -0.3 is 15.1 Å². The van der Waals surface area contributed by atoms with E-state index in [1.54, 1.807) is 15.9 Å². The number of hydrogen-bond acceptors (Lipinski definition) is 2. The maximum Gasteiger partial charge on any atom is 0.320 e. The van der Waals surface area contributed by atoms with Gasteiger partial charge in [-0.05, 0) is 49.3 Å². The van der Waals surface area contributed by atoms with Crippen LogP contribution in [0.3, 0.4) is 0 Å². The van der Waals surface area contributed by atoms with Gasteiger partial charge in [-0.3, -0.25) is 4.79 Å². The monoisotopic (exact) mass is 381 g/mol. The summed E-state index contributed by atoms with van der Waals surface area (Å²) in [7, 11) is 0. The van der Waals surface area contributed by atoms with Crippen LogP contribution in [-0.4, -0.2) is 47.4 Å². The maximum absolute atomic E-state index is 13.1. The summed E-state index contributed by atoms with van der Waals surface area (Å²) in [6, 6.07) is 4.21. The van der Waals surface area contributed by atoms with Crippen LogP contribution in [0.5, 0.6) is 0 Å². The Kier molecular flexibility index (Phi) is 6.01. The molecule has 1 N–H and O–H groups in total. The summed E-state index contributed by atoms with van der Waals surface area (Å²) in [5.74, 6) is 0.233. The number of hydrogen-bond donors (Lipinski definition) is 1. The van der Waals surface area contributed by atoms with Gasteiger partial charge in [-0.25, -0.2) is 9.18 Å². The zero-order valence-electron chi connectivity index (χ0n) is 15.0. The van der Waals surface area contributed by atoms with E-state index in [1.165, 1.54) is 12.1 Å². The molecule has 5 nitrogen and oxygen atoms in total. The molecule has 7 heteroatoms. The quantitative estimate of drug-likeness (QED) is 0.849. The van der Waals surface area contributed by atoms with Crippen molar-refractivity contribution in [3.63, 3.8) is 0 Å². The number of carbonyl (C=O) groups excluding carboxylic acids is 2. The highest BCUT2D eigenvalue weighted by Gasteiger charge is 2.30. The van der Waals surface area contributed by atoms with Crippen LogP contribution in [0.15, 0.2) is 18.2 Å². The number of benzene rings is 1. The van der Waals surface area contributed by atoms with Gasteiger partial charge in [0.2, 0.25) is 5.91 Å². The van der Waals surface area contributed by atoms with Gasteiger partial charge in [0.15, 0.2) is 0 Å². The molecular weight excluding hydrogens is 357 g/mol. The van der Waals surface area contributed by atoms with Crippen LogP contribution in [0.25, 0.3) is 0 Å². The van der Waals surface area contributed by atoms with Gasteiger partial charge in [0.05, 0.1) is 0 Å². The third kappa shape index (κ3) is 4.67. The highest BCUT2D eigenvalue weighted by molar-refractivity contribution is 6.31. The zero-order chi connectivity index (χ0) is 18.7. The van der Waals surface area contributed by atoms with Crippen LogP contribution < -0.4 is 5.32 Å². The lowest BCUT2D eigenvalue weighted by Gasteiger charge is -2.27. The number of urea groups is 1. The largest absolute Gasteiger partial charge is 0.352 e. The summed E-state index contributed by atoms with van der Waals surface area (Å²) < 4.78 is 13.1. The van der Waals surface area contributed by atoms with E-state index in [1.807, 2.05) is 0 Å². The first kappa shape index (κ1) is 19.0. The molecule has 0 atom stereocenters.